The maximum absolute atomic E-state index is 13.9. The highest BCUT2D eigenvalue weighted by atomic mass is 19.2. The average Bonchev–Trinajstić information content (AvgIpc) is 2.65. The van der Waals surface area contributed by atoms with Crippen molar-refractivity contribution in [2.45, 2.75) is 20.0 Å². The van der Waals surface area contributed by atoms with Crippen molar-refractivity contribution in [3.8, 4) is 16.9 Å². The molecule has 0 N–H and O–H groups in total. The van der Waals surface area contributed by atoms with Crippen molar-refractivity contribution in [2.75, 3.05) is 0 Å². The monoisotopic (exact) mass is 378 g/mol. The van der Waals surface area contributed by atoms with Gasteiger partial charge >= 0.3 is 0 Å². The molecule has 0 radical (unpaired) electrons. The Kier molecular flexibility index (Phi) is 5.44. The van der Waals surface area contributed by atoms with Gasteiger partial charge in [0.2, 0.25) is 0 Å². The van der Waals surface area contributed by atoms with Crippen molar-refractivity contribution in [1.29, 1.82) is 0 Å². The lowest BCUT2D eigenvalue weighted by Crippen LogP contribution is -2.01. The van der Waals surface area contributed by atoms with Crippen LogP contribution in [0.3, 0.4) is 0 Å². The SMILES string of the molecule is CCc1cc(F)c(OCc2ccc(-c3cc(F)c(F)c(F)c3)cc2)c(F)c1. The molecule has 3 aromatic rings. The van der Waals surface area contributed by atoms with Gasteiger partial charge in [0, 0.05) is 0 Å². The Balaban J connectivity index is 1.75. The summed E-state index contributed by atoms with van der Waals surface area (Å²) < 4.78 is 72.8. The van der Waals surface area contributed by atoms with Crippen molar-refractivity contribution in [3.05, 3.63) is 88.7 Å². The fourth-order valence-corrected chi connectivity index (χ4v) is 2.63. The van der Waals surface area contributed by atoms with Crippen LogP contribution in [0.1, 0.15) is 18.1 Å². The summed E-state index contributed by atoms with van der Waals surface area (Å²) in [5, 5.41) is 0. The van der Waals surface area contributed by atoms with Gasteiger partial charge in [-0.2, -0.15) is 0 Å². The molecule has 6 heteroatoms. The first-order valence-electron chi connectivity index (χ1n) is 8.23. The third-order valence-electron chi connectivity index (χ3n) is 4.12. The van der Waals surface area contributed by atoms with Gasteiger partial charge in [-0.3, -0.25) is 0 Å². The first-order chi connectivity index (χ1) is 12.9. The maximum atomic E-state index is 13.9. The van der Waals surface area contributed by atoms with Gasteiger partial charge in [-0.05, 0) is 52.9 Å². The minimum absolute atomic E-state index is 0.0915. The molecular weight excluding hydrogens is 363 g/mol. The molecule has 0 aliphatic carbocycles. The topological polar surface area (TPSA) is 9.23 Å². The predicted octanol–water partition coefficient (Wildman–Crippen LogP) is 6.19. The molecule has 140 valence electrons. The summed E-state index contributed by atoms with van der Waals surface area (Å²) in [4.78, 5) is 0. The van der Waals surface area contributed by atoms with Gasteiger partial charge in [0.05, 0.1) is 0 Å². The first-order valence-corrected chi connectivity index (χ1v) is 8.23. The molecule has 0 aliphatic rings. The van der Waals surface area contributed by atoms with E-state index in [1.807, 2.05) is 0 Å². The summed E-state index contributed by atoms with van der Waals surface area (Å²) >= 11 is 0. The second kappa shape index (κ2) is 7.78. The minimum Gasteiger partial charge on any atom is -0.483 e. The molecule has 0 atom stereocenters. The number of hydrogen-bond donors (Lipinski definition) is 0. The van der Waals surface area contributed by atoms with E-state index in [2.05, 4.69) is 0 Å². The molecule has 27 heavy (non-hydrogen) atoms. The molecule has 0 aliphatic heterocycles. The minimum atomic E-state index is -1.53. The summed E-state index contributed by atoms with van der Waals surface area (Å²) in [6.45, 7) is 1.70. The Morgan fingerprint density at radius 3 is 1.74 bits per heavy atom. The van der Waals surface area contributed by atoms with Crippen LogP contribution in [-0.4, -0.2) is 0 Å². The molecule has 3 aromatic carbocycles. The van der Waals surface area contributed by atoms with E-state index in [0.717, 1.165) is 12.1 Å². The second-order valence-electron chi connectivity index (χ2n) is 5.98. The number of rotatable bonds is 5. The third kappa shape index (κ3) is 4.10. The van der Waals surface area contributed by atoms with Gasteiger partial charge in [0.15, 0.2) is 34.8 Å². The molecule has 0 aromatic heterocycles. The zero-order valence-electron chi connectivity index (χ0n) is 14.3. The molecule has 0 saturated heterocycles. The van der Waals surface area contributed by atoms with Gasteiger partial charge in [-0.25, -0.2) is 22.0 Å². The van der Waals surface area contributed by atoms with Crippen molar-refractivity contribution in [1.82, 2.24) is 0 Å². The van der Waals surface area contributed by atoms with E-state index in [4.69, 9.17) is 4.74 Å². The number of halogens is 5. The average molecular weight is 378 g/mol. The molecule has 0 bridgehead atoms. The van der Waals surface area contributed by atoms with E-state index >= 15 is 0 Å². The Hall–Kier alpha value is -2.89. The summed E-state index contributed by atoms with van der Waals surface area (Å²) in [5.74, 6) is -6.10. The van der Waals surface area contributed by atoms with Crippen LogP contribution < -0.4 is 4.74 Å². The molecule has 0 amide bonds. The van der Waals surface area contributed by atoms with Crippen molar-refractivity contribution < 1.29 is 26.7 Å². The summed E-state index contributed by atoms with van der Waals surface area (Å²) in [6, 6.07) is 10.5. The highest BCUT2D eigenvalue weighted by Crippen LogP contribution is 2.26. The smallest absolute Gasteiger partial charge is 0.194 e. The highest BCUT2D eigenvalue weighted by Gasteiger charge is 2.13. The van der Waals surface area contributed by atoms with E-state index in [9.17, 15) is 22.0 Å². The Bertz CT molecular complexity index is 921. The number of hydrogen-bond acceptors (Lipinski definition) is 1. The maximum Gasteiger partial charge on any atom is 0.194 e. The molecule has 0 spiro atoms. The first kappa shape index (κ1) is 18.9. The van der Waals surface area contributed by atoms with Crippen LogP contribution >= 0.6 is 0 Å². The second-order valence-corrected chi connectivity index (χ2v) is 5.98. The lowest BCUT2D eigenvalue weighted by molar-refractivity contribution is 0.274. The number of ether oxygens (including phenoxy) is 1. The van der Waals surface area contributed by atoms with Crippen molar-refractivity contribution >= 4 is 0 Å². The fraction of sp³-hybridized carbons (Fsp3) is 0.143. The zero-order chi connectivity index (χ0) is 19.6. The van der Waals surface area contributed by atoms with E-state index in [-0.39, 0.29) is 12.2 Å². The highest BCUT2D eigenvalue weighted by molar-refractivity contribution is 5.63. The lowest BCUT2D eigenvalue weighted by Gasteiger charge is -2.10. The van der Waals surface area contributed by atoms with Crippen LogP contribution in [0.15, 0.2) is 48.5 Å². The molecule has 0 saturated carbocycles. The Labute approximate surface area is 153 Å². The Morgan fingerprint density at radius 2 is 1.22 bits per heavy atom. The zero-order valence-corrected chi connectivity index (χ0v) is 14.3. The van der Waals surface area contributed by atoms with E-state index < -0.39 is 34.8 Å². The van der Waals surface area contributed by atoms with Gasteiger partial charge in [0.1, 0.15) is 6.61 Å². The molecular formula is C21H15F5O. The van der Waals surface area contributed by atoms with Gasteiger partial charge in [-0.15, -0.1) is 0 Å². The summed E-state index contributed by atoms with van der Waals surface area (Å²) in [5.41, 5.74) is 1.76. The van der Waals surface area contributed by atoms with Crippen LogP contribution in [0.25, 0.3) is 11.1 Å². The molecule has 1 nitrogen and oxygen atoms in total. The lowest BCUT2D eigenvalue weighted by atomic mass is 10.0. The van der Waals surface area contributed by atoms with E-state index in [1.165, 1.54) is 12.1 Å². The van der Waals surface area contributed by atoms with Gasteiger partial charge in [-0.1, -0.05) is 31.2 Å². The van der Waals surface area contributed by atoms with E-state index in [1.54, 1.807) is 31.2 Å². The molecule has 3 rings (SSSR count). The molecule has 0 unspecified atom stereocenters. The van der Waals surface area contributed by atoms with Crippen molar-refractivity contribution in [2.24, 2.45) is 0 Å². The summed E-state index contributed by atoms with van der Waals surface area (Å²) in [6.07, 6.45) is 0.500. The fourth-order valence-electron chi connectivity index (χ4n) is 2.63. The van der Waals surface area contributed by atoms with Crippen LogP contribution in [-0.2, 0) is 13.0 Å². The van der Waals surface area contributed by atoms with Gasteiger partial charge in [0.25, 0.3) is 0 Å². The van der Waals surface area contributed by atoms with E-state index in [0.29, 0.717) is 23.1 Å². The third-order valence-corrected chi connectivity index (χ3v) is 4.12. The summed E-state index contributed by atoms with van der Waals surface area (Å²) in [7, 11) is 0. The molecule has 0 fully saturated rings. The van der Waals surface area contributed by atoms with Gasteiger partial charge < -0.3 is 4.74 Å². The van der Waals surface area contributed by atoms with Crippen LogP contribution in [0.5, 0.6) is 5.75 Å². The number of benzene rings is 3. The quantitative estimate of drug-likeness (QED) is 0.380. The number of aryl methyl sites for hydroxylation is 1. The molecule has 0 heterocycles. The Morgan fingerprint density at radius 1 is 0.667 bits per heavy atom. The standard InChI is InChI=1S/C21H15F5O/c1-2-12-7-18(24)21(19(25)8-12)27-11-13-3-5-14(6-4-13)15-9-16(22)20(26)17(23)10-15/h3-10H,2,11H2,1H3. The van der Waals surface area contributed by atoms with Crippen LogP contribution in [0.2, 0.25) is 0 Å². The van der Waals surface area contributed by atoms with Crippen LogP contribution in [0, 0.1) is 29.1 Å². The predicted molar refractivity (Wildman–Crippen MR) is 91.8 cm³/mol. The normalized spacial score (nSPS) is 10.9. The van der Waals surface area contributed by atoms with Crippen molar-refractivity contribution in [3.63, 3.8) is 0 Å². The largest absolute Gasteiger partial charge is 0.483 e. The van der Waals surface area contributed by atoms with Crippen LogP contribution in [0.4, 0.5) is 22.0 Å².